The molecule has 0 spiro atoms. The van der Waals surface area contributed by atoms with Gasteiger partial charge in [-0.15, -0.1) is 11.3 Å². The summed E-state index contributed by atoms with van der Waals surface area (Å²) in [4.78, 5) is 42.4. The average Bonchev–Trinajstić information content (AvgIpc) is 3.57. The zero-order valence-electron chi connectivity index (χ0n) is 19.9. The number of hydrogen-bond donors (Lipinski definition) is 1. The minimum absolute atomic E-state index is 0.0453. The molecule has 0 fully saturated rings. The zero-order chi connectivity index (χ0) is 24.5. The van der Waals surface area contributed by atoms with E-state index < -0.39 is 0 Å². The minimum Gasteiger partial charge on any atom is -0.494 e. The van der Waals surface area contributed by atoms with Crippen LogP contribution in [0.3, 0.4) is 0 Å². The van der Waals surface area contributed by atoms with E-state index in [1.165, 1.54) is 22.6 Å². The lowest BCUT2D eigenvalue weighted by atomic mass is 10.1. The van der Waals surface area contributed by atoms with Crippen molar-refractivity contribution in [2.45, 2.75) is 26.8 Å². The molecule has 0 bridgehead atoms. The second kappa shape index (κ2) is 9.49. The monoisotopic (exact) mass is 493 g/mol. The molecule has 0 unspecified atom stereocenters. The van der Waals surface area contributed by atoms with Gasteiger partial charge in [0, 0.05) is 24.5 Å². The van der Waals surface area contributed by atoms with Crippen molar-refractivity contribution in [2.75, 3.05) is 37.0 Å². The summed E-state index contributed by atoms with van der Waals surface area (Å²) in [5.74, 6) is 2.02. The number of hydrogen-bond acceptors (Lipinski definition) is 8. The number of guanidine groups is 1. The second-order valence-electron chi connectivity index (χ2n) is 8.89. The summed E-state index contributed by atoms with van der Waals surface area (Å²) in [5, 5.41) is 5.22. The molecule has 0 aliphatic carbocycles. The van der Waals surface area contributed by atoms with E-state index in [9.17, 15) is 9.59 Å². The predicted molar refractivity (Wildman–Crippen MR) is 135 cm³/mol. The van der Waals surface area contributed by atoms with Gasteiger partial charge in [-0.3, -0.25) is 24.4 Å². The number of benzene rings is 1. The zero-order valence-corrected chi connectivity index (χ0v) is 20.7. The highest BCUT2D eigenvalue weighted by Gasteiger charge is 2.38. The van der Waals surface area contributed by atoms with E-state index in [-0.39, 0.29) is 18.4 Å². The van der Waals surface area contributed by atoms with Gasteiger partial charge < -0.3 is 14.6 Å². The molecule has 182 valence electrons. The van der Waals surface area contributed by atoms with Gasteiger partial charge in [0.2, 0.25) is 11.9 Å². The van der Waals surface area contributed by atoms with Gasteiger partial charge >= 0.3 is 0 Å². The van der Waals surface area contributed by atoms with Crippen LogP contribution in [0.25, 0.3) is 11.3 Å². The van der Waals surface area contributed by atoms with Crippen LogP contribution in [0.5, 0.6) is 5.75 Å². The normalized spacial score (nSPS) is 14.7. The molecule has 3 aromatic rings. The first kappa shape index (κ1) is 23.0. The maximum Gasteiger partial charge on any atom is 0.280 e. The van der Waals surface area contributed by atoms with Crippen LogP contribution in [0, 0.1) is 5.92 Å². The van der Waals surface area contributed by atoms with E-state index in [1.54, 1.807) is 11.6 Å². The van der Waals surface area contributed by atoms with Crippen molar-refractivity contribution < 1.29 is 14.3 Å². The third-order valence-corrected chi connectivity index (χ3v) is 6.62. The van der Waals surface area contributed by atoms with Crippen molar-refractivity contribution >= 4 is 40.1 Å². The summed E-state index contributed by atoms with van der Waals surface area (Å²) in [5.41, 5.74) is 2.07. The molecule has 11 heteroatoms. The van der Waals surface area contributed by atoms with Crippen LogP contribution in [0.2, 0.25) is 0 Å². The molecule has 2 aromatic heterocycles. The van der Waals surface area contributed by atoms with Crippen LogP contribution in [-0.4, -0.2) is 64.0 Å². The minimum atomic E-state index is -0.284. The Morgan fingerprint density at radius 2 is 2.17 bits per heavy atom. The standard InChI is InChI=1S/C24H27N7O3S/c1-15(2)7-10-34-17-6-4-5-16(11-17)18-13-35-23(27-18)28-19(32)12-30-14-26-21-20(30)22(33)29(3)24-25-8-9-31(21)24/h4-6,11,13-15H,7-10,12H2,1-3H3,(H,27,28,32). The first-order chi connectivity index (χ1) is 16.9. The van der Waals surface area contributed by atoms with Crippen LogP contribution < -0.4 is 15.0 Å². The number of nitrogens with zero attached hydrogens (tertiary/aromatic N) is 6. The smallest absolute Gasteiger partial charge is 0.280 e. The number of imidazole rings is 1. The molecular weight excluding hydrogens is 466 g/mol. The number of aliphatic imine (C=N–C) groups is 1. The highest BCUT2D eigenvalue weighted by atomic mass is 32.1. The Morgan fingerprint density at radius 1 is 1.31 bits per heavy atom. The summed E-state index contributed by atoms with van der Waals surface area (Å²) in [6.07, 6.45) is 2.52. The number of fused-ring (bicyclic) bond motifs is 3. The fraction of sp³-hybridized carbons (Fsp3) is 0.375. The molecule has 0 radical (unpaired) electrons. The lowest BCUT2D eigenvalue weighted by Gasteiger charge is -2.30. The van der Waals surface area contributed by atoms with Crippen LogP contribution in [0.1, 0.15) is 30.8 Å². The Hall–Kier alpha value is -3.73. The Labute approximate surface area is 207 Å². The SMILES string of the molecule is CC(C)CCOc1cccc(-c2csc(NC(=O)Cn3cnc4c3C(=O)N(C)C3=NCCN34)n2)c1. The number of nitrogens with one attached hydrogen (secondary N) is 1. The molecule has 0 saturated carbocycles. The van der Waals surface area contributed by atoms with Gasteiger partial charge in [0.1, 0.15) is 12.3 Å². The van der Waals surface area contributed by atoms with Gasteiger partial charge in [-0.25, -0.2) is 9.97 Å². The predicted octanol–water partition coefficient (Wildman–Crippen LogP) is 3.33. The number of thiazole rings is 1. The molecule has 1 aromatic carbocycles. The van der Waals surface area contributed by atoms with Gasteiger partial charge in [-0.1, -0.05) is 26.0 Å². The van der Waals surface area contributed by atoms with E-state index in [0.717, 1.165) is 23.4 Å². The third kappa shape index (κ3) is 4.63. The van der Waals surface area contributed by atoms with E-state index in [4.69, 9.17) is 4.74 Å². The Morgan fingerprint density at radius 3 is 3.00 bits per heavy atom. The van der Waals surface area contributed by atoms with Crippen LogP contribution in [0.4, 0.5) is 10.9 Å². The lowest BCUT2D eigenvalue weighted by molar-refractivity contribution is -0.116. The molecule has 2 aliphatic rings. The molecule has 2 amide bonds. The highest BCUT2D eigenvalue weighted by molar-refractivity contribution is 7.14. The molecule has 10 nitrogen and oxygen atoms in total. The van der Waals surface area contributed by atoms with E-state index in [1.807, 2.05) is 34.5 Å². The number of ether oxygens (including phenoxy) is 1. The Balaban J connectivity index is 1.25. The van der Waals surface area contributed by atoms with E-state index >= 15 is 0 Å². The Bertz CT molecular complexity index is 1300. The molecule has 5 rings (SSSR count). The highest BCUT2D eigenvalue weighted by Crippen LogP contribution is 2.30. The molecule has 0 atom stereocenters. The molecule has 2 aliphatic heterocycles. The molecule has 4 heterocycles. The molecular formula is C24H27N7O3S. The molecule has 1 N–H and O–H groups in total. The van der Waals surface area contributed by atoms with E-state index in [2.05, 4.69) is 34.1 Å². The van der Waals surface area contributed by atoms with Crippen molar-refractivity contribution in [3.05, 3.63) is 41.7 Å². The first-order valence-electron chi connectivity index (χ1n) is 11.5. The quantitative estimate of drug-likeness (QED) is 0.516. The number of carbonyl (C=O) groups excluding carboxylic acids is 2. The summed E-state index contributed by atoms with van der Waals surface area (Å²) in [6, 6.07) is 7.78. The van der Waals surface area contributed by atoms with Gasteiger partial charge in [0.05, 0.1) is 25.2 Å². The fourth-order valence-electron chi connectivity index (χ4n) is 4.02. The van der Waals surface area contributed by atoms with Crippen LogP contribution >= 0.6 is 11.3 Å². The van der Waals surface area contributed by atoms with Crippen molar-refractivity contribution in [1.82, 2.24) is 19.4 Å². The van der Waals surface area contributed by atoms with Crippen molar-refractivity contribution in [1.29, 1.82) is 0 Å². The first-order valence-corrected chi connectivity index (χ1v) is 12.4. The number of anilines is 2. The number of aromatic nitrogens is 3. The third-order valence-electron chi connectivity index (χ3n) is 5.86. The van der Waals surface area contributed by atoms with Gasteiger partial charge in [0.15, 0.2) is 16.6 Å². The van der Waals surface area contributed by atoms with Crippen LogP contribution in [0.15, 0.2) is 41.0 Å². The summed E-state index contributed by atoms with van der Waals surface area (Å²) >= 11 is 1.35. The van der Waals surface area contributed by atoms with Gasteiger partial charge in [-0.2, -0.15) is 0 Å². The number of carbonyl (C=O) groups is 2. The molecule has 0 saturated heterocycles. The fourth-order valence-corrected chi connectivity index (χ4v) is 4.75. The van der Waals surface area contributed by atoms with Crippen molar-refractivity contribution in [3.63, 3.8) is 0 Å². The summed E-state index contributed by atoms with van der Waals surface area (Å²) < 4.78 is 7.43. The van der Waals surface area contributed by atoms with Gasteiger partial charge in [-0.05, 0) is 24.5 Å². The molecule has 35 heavy (non-hydrogen) atoms. The van der Waals surface area contributed by atoms with E-state index in [0.29, 0.717) is 48.2 Å². The number of amides is 2. The second-order valence-corrected chi connectivity index (χ2v) is 9.75. The van der Waals surface area contributed by atoms with Gasteiger partial charge in [0.25, 0.3) is 5.91 Å². The average molecular weight is 494 g/mol. The van der Waals surface area contributed by atoms with Crippen molar-refractivity contribution in [2.24, 2.45) is 10.9 Å². The number of rotatable bonds is 8. The lowest BCUT2D eigenvalue weighted by Crippen LogP contribution is -2.48. The summed E-state index contributed by atoms with van der Waals surface area (Å²) in [7, 11) is 1.68. The maximum absolute atomic E-state index is 12.9. The topological polar surface area (TPSA) is 105 Å². The van der Waals surface area contributed by atoms with Crippen molar-refractivity contribution in [3.8, 4) is 17.0 Å². The Kier molecular flexibility index (Phi) is 6.25. The summed E-state index contributed by atoms with van der Waals surface area (Å²) in [6.45, 7) is 6.23. The van der Waals surface area contributed by atoms with Crippen LogP contribution in [-0.2, 0) is 11.3 Å². The largest absolute Gasteiger partial charge is 0.494 e. The maximum atomic E-state index is 12.9.